The van der Waals surface area contributed by atoms with Gasteiger partial charge in [-0.1, -0.05) is 23.7 Å². The highest BCUT2D eigenvalue weighted by atomic mass is 35.5. The van der Waals surface area contributed by atoms with E-state index in [2.05, 4.69) is 54.1 Å². The maximum absolute atomic E-state index is 6.16. The van der Waals surface area contributed by atoms with E-state index in [1.165, 1.54) is 47.9 Å². The van der Waals surface area contributed by atoms with Crippen LogP contribution in [-0.4, -0.2) is 21.6 Å². The van der Waals surface area contributed by atoms with E-state index in [-0.39, 0.29) is 0 Å². The van der Waals surface area contributed by atoms with Crippen LogP contribution in [0.15, 0.2) is 36.4 Å². The van der Waals surface area contributed by atoms with Gasteiger partial charge in [-0.15, -0.1) is 0 Å². The van der Waals surface area contributed by atoms with Gasteiger partial charge in [0.2, 0.25) is 0 Å². The molecule has 3 nitrogen and oxygen atoms in total. The van der Waals surface area contributed by atoms with Crippen molar-refractivity contribution < 1.29 is 0 Å². The molecule has 0 saturated heterocycles. The number of rotatable bonds is 3. The molecule has 146 valence electrons. The monoisotopic (exact) mass is 393 g/mol. The molecule has 1 fully saturated rings. The molecule has 4 heteroatoms. The molecular formula is C24H28ClN3. The van der Waals surface area contributed by atoms with E-state index in [1.807, 2.05) is 6.07 Å². The Bertz CT molecular complexity index is 1010. The average Bonchev–Trinajstić information content (AvgIpc) is 3.21. The zero-order chi connectivity index (χ0) is 19.3. The van der Waals surface area contributed by atoms with Gasteiger partial charge >= 0.3 is 0 Å². The van der Waals surface area contributed by atoms with Gasteiger partial charge in [0.15, 0.2) is 0 Å². The molecule has 0 aliphatic heterocycles. The summed E-state index contributed by atoms with van der Waals surface area (Å²) in [7, 11) is 0. The minimum absolute atomic E-state index is 0.564. The molecule has 0 amide bonds. The first-order valence-corrected chi connectivity index (χ1v) is 10.9. The Hall–Kier alpha value is -1.84. The van der Waals surface area contributed by atoms with Gasteiger partial charge in [-0.2, -0.15) is 0 Å². The third-order valence-corrected chi connectivity index (χ3v) is 6.89. The maximum atomic E-state index is 6.16. The summed E-state index contributed by atoms with van der Waals surface area (Å²) in [4.78, 5) is 4.82. The number of nitrogens with zero attached hydrogens (tertiary/aromatic N) is 2. The highest BCUT2D eigenvalue weighted by Crippen LogP contribution is 2.34. The maximum Gasteiger partial charge on any atom is 0.106 e. The molecule has 3 aromatic rings. The van der Waals surface area contributed by atoms with Crippen LogP contribution < -0.4 is 5.32 Å². The molecule has 28 heavy (non-hydrogen) atoms. The summed E-state index contributed by atoms with van der Waals surface area (Å²) in [5.74, 6) is 1.15. The van der Waals surface area contributed by atoms with Crippen LogP contribution in [0.5, 0.6) is 0 Å². The lowest BCUT2D eigenvalue weighted by molar-refractivity contribution is 0.276. The number of hydrogen-bond donors (Lipinski definition) is 1. The number of imidazole rings is 1. The Morgan fingerprint density at radius 2 is 1.71 bits per heavy atom. The van der Waals surface area contributed by atoms with Gasteiger partial charge in [0.1, 0.15) is 5.82 Å². The largest absolute Gasteiger partial charge is 0.325 e. The molecule has 2 aliphatic rings. The molecule has 1 unspecified atom stereocenters. The van der Waals surface area contributed by atoms with Crippen molar-refractivity contribution in [1.29, 1.82) is 0 Å². The number of benzene rings is 2. The highest BCUT2D eigenvalue weighted by Gasteiger charge is 2.28. The fraction of sp³-hybridized carbons (Fsp3) is 0.458. The van der Waals surface area contributed by atoms with Crippen molar-refractivity contribution in [2.24, 2.45) is 0 Å². The summed E-state index contributed by atoms with van der Waals surface area (Å²) in [6, 6.07) is 14.8. The van der Waals surface area contributed by atoms with Crippen LogP contribution in [0.1, 0.15) is 54.2 Å². The fourth-order valence-electron chi connectivity index (χ4n) is 5.33. The molecule has 2 aromatic carbocycles. The molecule has 1 aromatic heterocycles. The molecule has 1 atom stereocenters. The van der Waals surface area contributed by atoms with Crippen molar-refractivity contribution in [2.45, 2.75) is 70.5 Å². The molecule has 0 bridgehead atoms. The van der Waals surface area contributed by atoms with E-state index in [4.69, 9.17) is 16.6 Å². The Morgan fingerprint density at radius 3 is 2.54 bits per heavy atom. The Kier molecular flexibility index (Phi) is 4.68. The van der Waals surface area contributed by atoms with E-state index < -0.39 is 0 Å². The third-order valence-electron chi connectivity index (χ3n) is 6.66. The van der Waals surface area contributed by atoms with Crippen LogP contribution >= 0.6 is 11.6 Å². The van der Waals surface area contributed by atoms with Crippen molar-refractivity contribution in [3.05, 3.63) is 63.9 Å². The number of hydrogen-bond acceptors (Lipinski definition) is 2. The average molecular weight is 394 g/mol. The standard InChI is InChI=1S/C24H28ClN3/c1-15-3-10-24-23(11-15)26-16(2)28(24)22-8-6-20(7-9-22)27-21-13-17-4-5-19(25)12-18(17)14-21/h3-5,10-12,20-22,27H,6-9,13-14H2,1-2H3/t20-,21?,22+. The Labute approximate surface area is 172 Å². The van der Waals surface area contributed by atoms with Crippen molar-refractivity contribution >= 4 is 22.6 Å². The van der Waals surface area contributed by atoms with Crippen molar-refractivity contribution in [2.75, 3.05) is 0 Å². The summed E-state index contributed by atoms with van der Waals surface area (Å²) in [5.41, 5.74) is 6.60. The highest BCUT2D eigenvalue weighted by molar-refractivity contribution is 6.30. The minimum atomic E-state index is 0.564. The zero-order valence-electron chi connectivity index (χ0n) is 16.7. The molecule has 1 heterocycles. The summed E-state index contributed by atoms with van der Waals surface area (Å²) in [6.07, 6.45) is 7.18. The van der Waals surface area contributed by atoms with Gasteiger partial charge < -0.3 is 9.88 Å². The summed E-state index contributed by atoms with van der Waals surface area (Å²) in [6.45, 7) is 4.29. The van der Waals surface area contributed by atoms with Crippen LogP contribution in [0.4, 0.5) is 0 Å². The lowest BCUT2D eigenvalue weighted by Gasteiger charge is -2.32. The van der Waals surface area contributed by atoms with Gasteiger partial charge in [0.05, 0.1) is 11.0 Å². The van der Waals surface area contributed by atoms with Gasteiger partial charge in [0.25, 0.3) is 0 Å². The van der Waals surface area contributed by atoms with Gasteiger partial charge in [-0.25, -0.2) is 4.98 Å². The summed E-state index contributed by atoms with van der Waals surface area (Å²) >= 11 is 6.16. The third kappa shape index (κ3) is 3.35. The molecule has 0 radical (unpaired) electrons. The second-order valence-electron chi connectivity index (χ2n) is 8.71. The predicted octanol–water partition coefficient (Wildman–Crippen LogP) is 5.55. The lowest BCUT2D eigenvalue weighted by atomic mass is 9.90. The van der Waals surface area contributed by atoms with Crippen LogP contribution in [0.3, 0.4) is 0 Å². The quantitative estimate of drug-likeness (QED) is 0.632. The van der Waals surface area contributed by atoms with Crippen LogP contribution in [0.25, 0.3) is 11.0 Å². The van der Waals surface area contributed by atoms with Crippen molar-refractivity contribution in [1.82, 2.24) is 14.9 Å². The molecule has 1 saturated carbocycles. The van der Waals surface area contributed by atoms with Gasteiger partial charge in [-0.3, -0.25) is 0 Å². The van der Waals surface area contributed by atoms with E-state index in [1.54, 1.807) is 0 Å². The summed E-state index contributed by atoms with van der Waals surface area (Å²) < 4.78 is 2.48. The Balaban J connectivity index is 1.23. The van der Waals surface area contributed by atoms with E-state index in [0.29, 0.717) is 18.1 Å². The number of aryl methyl sites for hydroxylation is 2. The first-order valence-electron chi connectivity index (χ1n) is 10.6. The van der Waals surface area contributed by atoms with Crippen molar-refractivity contribution in [3.63, 3.8) is 0 Å². The minimum Gasteiger partial charge on any atom is -0.325 e. The number of nitrogens with one attached hydrogen (secondary N) is 1. The van der Waals surface area contributed by atoms with E-state index in [0.717, 1.165) is 29.2 Å². The summed E-state index contributed by atoms with van der Waals surface area (Å²) in [5, 5.41) is 4.80. The van der Waals surface area contributed by atoms with Crippen LogP contribution in [-0.2, 0) is 12.8 Å². The zero-order valence-corrected chi connectivity index (χ0v) is 17.5. The first kappa shape index (κ1) is 18.2. The van der Waals surface area contributed by atoms with Gasteiger partial charge in [-0.05, 0) is 93.3 Å². The lowest BCUT2D eigenvalue weighted by Crippen LogP contribution is -2.41. The van der Waals surface area contributed by atoms with E-state index in [9.17, 15) is 0 Å². The van der Waals surface area contributed by atoms with Crippen LogP contribution in [0, 0.1) is 13.8 Å². The number of aromatic nitrogens is 2. The second kappa shape index (κ2) is 7.20. The van der Waals surface area contributed by atoms with E-state index >= 15 is 0 Å². The first-order chi connectivity index (χ1) is 13.6. The molecule has 2 aliphatic carbocycles. The van der Waals surface area contributed by atoms with Crippen molar-refractivity contribution in [3.8, 4) is 0 Å². The SMILES string of the molecule is Cc1ccc2c(c1)nc(C)n2[C@H]1CC[C@@H](NC2Cc3ccc(Cl)cc3C2)CC1. The fourth-order valence-corrected chi connectivity index (χ4v) is 5.52. The molecule has 0 spiro atoms. The molecular weight excluding hydrogens is 366 g/mol. The number of fused-ring (bicyclic) bond motifs is 2. The molecule has 1 N–H and O–H groups in total. The Morgan fingerprint density at radius 1 is 0.929 bits per heavy atom. The smallest absolute Gasteiger partial charge is 0.106 e. The molecule has 5 rings (SSSR count). The predicted molar refractivity (Wildman–Crippen MR) is 116 cm³/mol. The second-order valence-corrected chi connectivity index (χ2v) is 9.15. The normalized spacial score (nSPS) is 24.6. The van der Waals surface area contributed by atoms with Crippen LogP contribution in [0.2, 0.25) is 5.02 Å². The van der Waals surface area contributed by atoms with Gasteiger partial charge in [0, 0.05) is 23.1 Å². The number of halogens is 1. The topological polar surface area (TPSA) is 29.9 Å².